The maximum atomic E-state index is 7.10. The molecule has 0 saturated carbocycles. The molecule has 5 aromatic carbocycles. The number of nitrogens with zero attached hydrogens (tertiary/aromatic N) is 3. The Morgan fingerprint density at radius 2 is 1.17 bits per heavy atom. The molecule has 1 fully saturated rings. The summed E-state index contributed by atoms with van der Waals surface area (Å²) >= 11 is 0. The molecule has 11 rings (SSSR count). The number of para-hydroxylation sites is 2. The van der Waals surface area contributed by atoms with Crippen molar-refractivity contribution in [2.75, 3.05) is 0 Å². The maximum absolute atomic E-state index is 7.10. The summed E-state index contributed by atoms with van der Waals surface area (Å²) in [6, 6.07) is 44.4. The second-order valence-corrected chi connectivity index (χ2v) is 17.5. The van der Waals surface area contributed by atoms with Gasteiger partial charge in [-0.05, 0) is 82.0 Å². The van der Waals surface area contributed by atoms with E-state index >= 15 is 0 Å². The van der Waals surface area contributed by atoms with Crippen molar-refractivity contribution in [2.45, 2.75) is 70.0 Å². The smallest absolute Gasteiger partial charge is 0.456 e. The van der Waals surface area contributed by atoms with Crippen LogP contribution in [0, 0.1) is 11.8 Å². The summed E-state index contributed by atoms with van der Waals surface area (Å²) in [7, 11) is -0.409. The van der Waals surface area contributed by atoms with Gasteiger partial charge in [-0.3, -0.25) is 0 Å². The number of benzene rings is 5. The predicted octanol–water partition coefficient (Wildman–Crippen LogP) is 12.2. The Labute approximate surface area is 346 Å². The van der Waals surface area contributed by atoms with Crippen molar-refractivity contribution >= 4 is 7.12 Å². The number of rotatable bonds is 5. The van der Waals surface area contributed by atoms with Gasteiger partial charge in [0.25, 0.3) is 0 Å². The molecule has 0 amide bonds. The average molecular weight is 772 g/mol. The second kappa shape index (κ2) is 13.6. The monoisotopic (exact) mass is 771 g/mol. The highest BCUT2D eigenvalue weighted by molar-refractivity contribution is 6.56. The van der Waals surface area contributed by atoms with Gasteiger partial charge in [0, 0.05) is 39.3 Å². The molecule has 1 saturated heterocycles. The molecule has 6 aromatic rings. The van der Waals surface area contributed by atoms with E-state index in [2.05, 4.69) is 113 Å². The van der Waals surface area contributed by atoms with Crippen LogP contribution in [0.3, 0.4) is 0 Å². The van der Waals surface area contributed by atoms with Gasteiger partial charge in [0.05, 0.1) is 16.6 Å². The molecule has 3 unspecified atom stereocenters. The summed E-state index contributed by atoms with van der Waals surface area (Å²) in [4.78, 5) is 14.9. The van der Waals surface area contributed by atoms with Crippen LogP contribution >= 0.6 is 0 Å². The zero-order chi connectivity index (χ0) is 39.9. The Morgan fingerprint density at radius 3 is 1.83 bits per heavy atom. The largest absolute Gasteiger partial charge is 0.494 e. The molecule has 1 aromatic heterocycles. The third kappa shape index (κ3) is 5.58. The lowest BCUT2D eigenvalue weighted by atomic mass is 9.58. The summed E-state index contributed by atoms with van der Waals surface area (Å²) in [5.74, 6) is 4.36. The predicted molar refractivity (Wildman–Crippen MR) is 235 cm³/mol. The first kappa shape index (κ1) is 36.2. The van der Waals surface area contributed by atoms with E-state index in [1.807, 2.05) is 60.7 Å². The van der Waals surface area contributed by atoms with E-state index < -0.39 is 18.3 Å². The van der Waals surface area contributed by atoms with E-state index in [1.54, 1.807) is 0 Å². The fraction of sp³-hybridized carbons (Fsp3) is 0.250. The van der Waals surface area contributed by atoms with Gasteiger partial charge in [-0.1, -0.05) is 145 Å². The van der Waals surface area contributed by atoms with E-state index in [4.69, 9.17) is 29.0 Å². The molecule has 0 radical (unpaired) electrons. The van der Waals surface area contributed by atoms with Crippen LogP contribution in [0.5, 0.6) is 11.5 Å². The first-order chi connectivity index (χ1) is 28.7. The average Bonchev–Trinajstić information content (AvgIpc) is 3.69. The molecule has 2 aliphatic heterocycles. The molecule has 5 aliphatic rings. The van der Waals surface area contributed by atoms with Gasteiger partial charge in [-0.25, -0.2) is 15.0 Å². The molecule has 3 atom stereocenters. The van der Waals surface area contributed by atoms with Crippen LogP contribution in [-0.4, -0.2) is 33.3 Å². The zero-order valence-electron chi connectivity index (χ0n) is 34.0. The number of ether oxygens (including phenoxy) is 1. The topological polar surface area (TPSA) is 66.4 Å². The van der Waals surface area contributed by atoms with Crippen LogP contribution < -0.4 is 4.74 Å². The molecule has 59 heavy (non-hydrogen) atoms. The molecule has 7 heteroatoms. The standard InChI is InChI=1S/C52H46BN3O3/c1-50(2)51(3,4)59-53(58-50)43-27-16-25-41-45(43)38-21-11-12-23-39(38)52(41)40-24-13-14-28-44(40)57-46-37(22-15-26-42(46)52)33-29-31-36(32-30-33)49-55-47(34-17-7-5-8-18-34)54-48(56-49)35-19-9-6-10-20-35/h5-11,13-15,17-22,24,26-32,38-39H,12,16,23,25H2,1-4H3. The van der Waals surface area contributed by atoms with Gasteiger partial charge in [-0.2, -0.15) is 0 Å². The van der Waals surface area contributed by atoms with E-state index in [0.717, 1.165) is 65.0 Å². The Kier molecular flexibility index (Phi) is 8.34. The Balaban J connectivity index is 1.04. The van der Waals surface area contributed by atoms with Gasteiger partial charge >= 0.3 is 7.12 Å². The first-order valence-corrected chi connectivity index (χ1v) is 21.1. The first-order valence-electron chi connectivity index (χ1n) is 21.1. The third-order valence-electron chi connectivity index (χ3n) is 13.8. The van der Waals surface area contributed by atoms with Gasteiger partial charge in [0.2, 0.25) is 0 Å². The van der Waals surface area contributed by atoms with Crippen LogP contribution in [-0.2, 0) is 14.7 Å². The normalized spacial score (nSPS) is 23.3. The minimum atomic E-state index is -0.422. The van der Waals surface area contributed by atoms with Crippen molar-refractivity contribution in [2.24, 2.45) is 11.8 Å². The molecule has 6 nitrogen and oxygen atoms in total. The Bertz CT molecular complexity index is 2650. The summed E-state index contributed by atoms with van der Waals surface area (Å²) < 4.78 is 20.7. The Hall–Kier alpha value is -5.89. The van der Waals surface area contributed by atoms with Crippen molar-refractivity contribution in [3.63, 3.8) is 0 Å². The number of allylic oxidation sites excluding steroid dienone is 6. The highest BCUT2D eigenvalue weighted by Crippen LogP contribution is 2.68. The van der Waals surface area contributed by atoms with Gasteiger partial charge in [0.15, 0.2) is 17.5 Å². The van der Waals surface area contributed by atoms with E-state index in [9.17, 15) is 0 Å². The van der Waals surface area contributed by atoms with Crippen molar-refractivity contribution < 1.29 is 14.0 Å². The van der Waals surface area contributed by atoms with Crippen LogP contribution in [0.1, 0.15) is 64.5 Å². The quantitative estimate of drug-likeness (QED) is 0.128. The van der Waals surface area contributed by atoms with Crippen LogP contribution in [0.25, 0.3) is 45.3 Å². The summed E-state index contributed by atoms with van der Waals surface area (Å²) in [6.07, 6.45) is 11.3. The molecule has 0 N–H and O–H groups in total. The van der Waals surface area contributed by atoms with E-state index in [-0.39, 0.29) is 11.3 Å². The lowest BCUT2D eigenvalue weighted by molar-refractivity contribution is 0.00578. The molecule has 3 aliphatic carbocycles. The molecular formula is C52H46BN3O3. The fourth-order valence-electron chi connectivity index (χ4n) is 10.4. The lowest BCUT2D eigenvalue weighted by Gasteiger charge is -2.46. The summed E-state index contributed by atoms with van der Waals surface area (Å²) in [5, 5.41) is 0. The zero-order valence-corrected chi connectivity index (χ0v) is 34.0. The van der Waals surface area contributed by atoms with Crippen molar-refractivity contribution in [1.29, 1.82) is 0 Å². The van der Waals surface area contributed by atoms with Crippen molar-refractivity contribution in [1.82, 2.24) is 15.0 Å². The van der Waals surface area contributed by atoms with E-state index in [1.165, 1.54) is 27.7 Å². The fourth-order valence-corrected chi connectivity index (χ4v) is 10.4. The van der Waals surface area contributed by atoms with Crippen molar-refractivity contribution in [3.8, 4) is 56.8 Å². The maximum Gasteiger partial charge on any atom is 0.494 e. The minimum Gasteiger partial charge on any atom is -0.456 e. The van der Waals surface area contributed by atoms with Crippen LogP contribution in [0.4, 0.5) is 0 Å². The number of hydrogen-bond donors (Lipinski definition) is 0. The Morgan fingerprint density at radius 1 is 0.593 bits per heavy atom. The SMILES string of the molecule is CC1(C)OB(C2=CCCC3=C2C2C=CCCC2C32c3ccccc3Oc3c(-c4ccc(-c5nc(-c6ccccc6)nc(-c6ccccc6)n5)cc4)cccc32)OC1(C)C. The lowest BCUT2D eigenvalue weighted by Crippen LogP contribution is -2.41. The van der Waals surface area contributed by atoms with Gasteiger partial charge in [-0.15, -0.1) is 0 Å². The molecule has 0 bridgehead atoms. The van der Waals surface area contributed by atoms with Crippen molar-refractivity contribution in [3.05, 3.63) is 173 Å². The summed E-state index contributed by atoms with van der Waals surface area (Å²) in [6.45, 7) is 8.60. The van der Waals surface area contributed by atoms with Gasteiger partial charge < -0.3 is 14.0 Å². The number of hydrogen-bond acceptors (Lipinski definition) is 6. The highest BCUT2D eigenvalue weighted by atomic mass is 16.7. The molecular weight excluding hydrogens is 725 g/mol. The highest BCUT2D eigenvalue weighted by Gasteiger charge is 2.61. The second-order valence-electron chi connectivity index (χ2n) is 17.5. The van der Waals surface area contributed by atoms with E-state index in [0.29, 0.717) is 23.4 Å². The molecule has 290 valence electrons. The van der Waals surface area contributed by atoms with Crippen LogP contribution in [0.2, 0.25) is 0 Å². The number of aromatic nitrogens is 3. The van der Waals surface area contributed by atoms with Gasteiger partial charge in [0.1, 0.15) is 11.5 Å². The van der Waals surface area contributed by atoms with Crippen LogP contribution in [0.15, 0.2) is 162 Å². The minimum absolute atomic E-state index is 0.244. The number of fused-ring (bicyclic) bond motifs is 8. The molecule has 3 heterocycles. The third-order valence-corrected chi connectivity index (χ3v) is 13.8. The summed E-state index contributed by atoms with van der Waals surface area (Å²) in [5.41, 5.74) is 10.4. The molecule has 1 spiro atoms.